The van der Waals surface area contributed by atoms with Gasteiger partial charge in [-0.05, 0) is 31.4 Å². The zero-order valence-electron chi connectivity index (χ0n) is 12.3. The van der Waals surface area contributed by atoms with Crippen molar-refractivity contribution < 1.29 is 17.6 Å². The number of sulfone groups is 1. The van der Waals surface area contributed by atoms with E-state index < -0.39 is 21.6 Å². The van der Waals surface area contributed by atoms with Crippen LogP contribution in [0.25, 0.3) is 0 Å². The van der Waals surface area contributed by atoms with Crippen LogP contribution in [0.1, 0.15) is 25.3 Å². The summed E-state index contributed by atoms with van der Waals surface area (Å²) in [6.07, 6.45) is 0.561. The Bertz CT molecular complexity index is 766. The molecule has 0 radical (unpaired) electrons. The van der Waals surface area contributed by atoms with Crippen LogP contribution in [0.3, 0.4) is 0 Å². The second-order valence-electron chi connectivity index (χ2n) is 5.45. The number of nitrogens with zero attached hydrogens (tertiary/aromatic N) is 1. The van der Waals surface area contributed by atoms with E-state index in [4.69, 9.17) is 23.2 Å². The molecule has 2 rings (SSSR count). The minimum Gasteiger partial charge on any atom is -0.273 e. The Balaban J connectivity index is 1.99. The highest BCUT2D eigenvalue weighted by molar-refractivity contribution is 7.91. The van der Waals surface area contributed by atoms with Crippen molar-refractivity contribution in [1.82, 2.24) is 5.43 Å². The summed E-state index contributed by atoms with van der Waals surface area (Å²) in [7, 11) is -3.02. The average molecular weight is 381 g/mol. The first kappa shape index (κ1) is 18.2. The van der Waals surface area contributed by atoms with Crippen LogP contribution in [0.2, 0.25) is 10.0 Å². The molecule has 0 spiro atoms. The molecule has 1 aliphatic rings. The van der Waals surface area contributed by atoms with E-state index in [0.29, 0.717) is 17.7 Å². The maximum Gasteiger partial charge on any atom is 0.240 e. The lowest BCUT2D eigenvalue weighted by Crippen LogP contribution is -2.22. The van der Waals surface area contributed by atoms with Gasteiger partial charge >= 0.3 is 0 Å². The Hall–Kier alpha value is -1.18. The quantitative estimate of drug-likeness (QED) is 0.495. The number of hydrogen-bond acceptors (Lipinski definition) is 4. The molecule has 0 unspecified atom stereocenters. The summed E-state index contributed by atoms with van der Waals surface area (Å²) >= 11 is 11.6. The topological polar surface area (TPSA) is 75.6 Å². The van der Waals surface area contributed by atoms with Crippen molar-refractivity contribution in [3.05, 3.63) is 33.6 Å². The summed E-state index contributed by atoms with van der Waals surface area (Å²) < 4.78 is 36.2. The van der Waals surface area contributed by atoms with Crippen molar-refractivity contribution in [2.24, 2.45) is 11.0 Å². The Kier molecular flexibility index (Phi) is 5.65. The number of nitrogens with one attached hydrogen (secondary N) is 1. The molecule has 1 aromatic rings. The number of amides is 1. The summed E-state index contributed by atoms with van der Waals surface area (Å²) in [5.74, 6) is -1.07. The minimum atomic E-state index is -3.02. The van der Waals surface area contributed by atoms with Crippen LogP contribution in [-0.4, -0.2) is 31.5 Å². The first-order chi connectivity index (χ1) is 10.7. The van der Waals surface area contributed by atoms with Crippen molar-refractivity contribution in [2.45, 2.75) is 19.8 Å². The molecule has 1 heterocycles. The van der Waals surface area contributed by atoms with E-state index in [1.165, 1.54) is 6.07 Å². The predicted octanol–water partition coefficient (Wildman–Crippen LogP) is 2.80. The van der Waals surface area contributed by atoms with Crippen LogP contribution in [-0.2, 0) is 14.6 Å². The van der Waals surface area contributed by atoms with Gasteiger partial charge in [0.1, 0.15) is 5.82 Å². The third kappa shape index (κ3) is 4.89. The van der Waals surface area contributed by atoms with E-state index >= 15 is 0 Å². The fraction of sp³-hybridized carbons (Fsp3) is 0.429. The SMILES string of the molecule is C/C(=N/NC(=O)C[C@H]1CCS(=O)(=O)C1)c1cc(F)c(Cl)cc1Cl. The van der Waals surface area contributed by atoms with Crippen molar-refractivity contribution in [1.29, 1.82) is 0 Å². The van der Waals surface area contributed by atoms with Crippen LogP contribution in [0.5, 0.6) is 0 Å². The highest BCUT2D eigenvalue weighted by Gasteiger charge is 2.29. The maximum atomic E-state index is 13.5. The van der Waals surface area contributed by atoms with Gasteiger partial charge in [-0.3, -0.25) is 4.79 Å². The number of rotatable bonds is 4. The summed E-state index contributed by atoms with van der Waals surface area (Å²) in [5, 5.41) is 4.00. The van der Waals surface area contributed by atoms with E-state index in [1.807, 2.05) is 0 Å². The number of halogens is 3. The van der Waals surface area contributed by atoms with Gasteiger partial charge in [-0.15, -0.1) is 0 Å². The third-order valence-corrected chi connectivity index (χ3v) is 5.99. The molecule has 1 amide bonds. The average Bonchev–Trinajstić information content (AvgIpc) is 2.79. The first-order valence-electron chi connectivity index (χ1n) is 6.86. The van der Waals surface area contributed by atoms with E-state index in [9.17, 15) is 17.6 Å². The molecule has 23 heavy (non-hydrogen) atoms. The van der Waals surface area contributed by atoms with Gasteiger partial charge in [-0.25, -0.2) is 18.2 Å². The molecule has 9 heteroatoms. The molecule has 1 aliphatic heterocycles. The Morgan fingerprint density at radius 2 is 2.09 bits per heavy atom. The molecule has 0 aliphatic carbocycles. The predicted molar refractivity (Wildman–Crippen MR) is 88.2 cm³/mol. The normalized spacial score (nSPS) is 20.5. The molecular formula is C14H15Cl2FN2O3S. The van der Waals surface area contributed by atoms with Crippen LogP contribution < -0.4 is 5.43 Å². The summed E-state index contributed by atoms with van der Waals surface area (Å²) in [6, 6.07) is 2.40. The van der Waals surface area contributed by atoms with E-state index in [2.05, 4.69) is 10.5 Å². The molecule has 5 nitrogen and oxygen atoms in total. The maximum absolute atomic E-state index is 13.5. The number of carbonyl (C=O) groups is 1. The van der Waals surface area contributed by atoms with Gasteiger partial charge in [0, 0.05) is 12.0 Å². The number of hydrogen-bond donors (Lipinski definition) is 1. The van der Waals surface area contributed by atoms with Gasteiger partial charge in [-0.1, -0.05) is 23.2 Å². The Morgan fingerprint density at radius 3 is 2.70 bits per heavy atom. The third-order valence-electron chi connectivity index (χ3n) is 3.55. The molecule has 1 saturated heterocycles. The molecule has 1 fully saturated rings. The van der Waals surface area contributed by atoms with Gasteiger partial charge in [-0.2, -0.15) is 5.10 Å². The van der Waals surface area contributed by atoms with Gasteiger partial charge in [0.15, 0.2) is 9.84 Å². The zero-order valence-corrected chi connectivity index (χ0v) is 14.6. The summed E-state index contributed by atoms with van der Waals surface area (Å²) in [6.45, 7) is 1.56. The monoisotopic (exact) mass is 380 g/mol. The largest absolute Gasteiger partial charge is 0.273 e. The molecule has 0 aromatic heterocycles. The highest BCUT2D eigenvalue weighted by atomic mass is 35.5. The molecule has 1 atom stereocenters. The number of benzene rings is 1. The van der Waals surface area contributed by atoms with Crippen molar-refractivity contribution in [3.63, 3.8) is 0 Å². The molecular weight excluding hydrogens is 366 g/mol. The first-order valence-corrected chi connectivity index (χ1v) is 9.44. The molecule has 1 N–H and O–H groups in total. The van der Waals surface area contributed by atoms with Crippen molar-refractivity contribution in [2.75, 3.05) is 11.5 Å². The second kappa shape index (κ2) is 7.15. The van der Waals surface area contributed by atoms with Gasteiger partial charge in [0.05, 0.1) is 27.3 Å². The highest BCUT2D eigenvalue weighted by Crippen LogP contribution is 2.25. The Morgan fingerprint density at radius 1 is 1.39 bits per heavy atom. The fourth-order valence-corrected chi connectivity index (χ4v) is 4.73. The summed E-state index contributed by atoms with van der Waals surface area (Å²) in [5.41, 5.74) is 2.97. The Labute approximate surface area is 143 Å². The van der Waals surface area contributed by atoms with Crippen LogP contribution in [0, 0.1) is 11.7 Å². The second-order valence-corrected chi connectivity index (χ2v) is 8.49. The molecule has 0 bridgehead atoms. The van der Waals surface area contributed by atoms with E-state index in [-0.39, 0.29) is 33.9 Å². The molecule has 1 aromatic carbocycles. The van der Waals surface area contributed by atoms with Gasteiger partial charge < -0.3 is 0 Å². The summed E-state index contributed by atoms with van der Waals surface area (Å²) in [4.78, 5) is 11.8. The van der Waals surface area contributed by atoms with Crippen LogP contribution in [0.4, 0.5) is 4.39 Å². The van der Waals surface area contributed by atoms with Crippen molar-refractivity contribution >= 4 is 44.7 Å². The lowest BCUT2D eigenvalue weighted by atomic mass is 10.1. The smallest absolute Gasteiger partial charge is 0.240 e. The standard InChI is InChI=1S/C14H15Cl2FN2O3S/c1-8(10-5-13(17)12(16)6-11(10)15)18-19-14(20)4-9-2-3-23(21,22)7-9/h5-6,9H,2-4,7H2,1H3,(H,19,20)/b18-8-/t9-/m1/s1. The van der Waals surface area contributed by atoms with Crippen LogP contribution in [0.15, 0.2) is 17.2 Å². The lowest BCUT2D eigenvalue weighted by Gasteiger charge is -2.08. The van der Waals surface area contributed by atoms with Gasteiger partial charge in [0.25, 0.3) is 0 Å². The number of carbonyl (C=O) groups excluding carboxylic acids is 1. The van der Waals surface area contributed by atoms with Crippen LogP contribution >= 0.6 is 23.2 Å². The van der Waals surface area contributed by atoms with Gasteiger partial charge in [0.2, 0.25) is 5.91 Å². The minimum absolute atomic E-state index is 0.0251. The lowest BCUT2D eigenvalue weighted by molar-refractivity contribution is -0.121. The number of hydrazone groups is 1. The van der Waals surface area contributed by atoms with E-state index in [0.717, 1.165) is 6.07 Å². The molecule has 0 saturated carbocycles. The van der Waals surface area contributed by atoms with Crippen molar-refractivity contribution in [3.8, 4) is 0 Å². The fourth-order valence-electron chi connectivity index (χ4n) is 2.35. The molecule has 126 valence electrons. The zero-order chi connectivity index (χ0) is 17.2. The van der Waals surface area contributed by atoms with E-state index in [1.54, 1.807) is 6.92 Å².